The van der Waals surface area contributed by atoms with E-state index in [-0.39, 0.29) is 5.91 Å². The number of aryl methyl sites for hydroxylation is 3. The van der Waals surface area contributed by atoms with Crippen molar-refractivity contribution in [2.75, 3.05) is 11.1 Å². The highest BCUT2D eigenvalue weighted by Gasteiger charge is 2.11. The summed E-state index contributed by atoms with van der Waals surface area (Å²) in [5.41, 5.74) is 5.50. The third-order valence-corrected chi connectivity index (χ3v) is 4.85. The first-order valence-corrected chi connectivity index (χ1v) is 8.78. The first kappa shape index (κ1) is 18.0. The van der Waals surface area contributed by atoms with Crippen LogP contribution in [0, 0.1) is 39.0 Å². The molecule has 1 N–H and O–H groups in total. The van der Waals surface area contributed by atoms with Gasteiger partial charge in [-0.1, -0.05) is 12.1 Å². The number of nitrogens with one attached hydrogen (secondary N) is 1. The minimum atomic E-state index is -0.0286. The molecule has 4 nitrogen and oxygen atoms in total. The van der Waals surface area contributed by atoms with Crippen LogP contribution < -0.4 is 5.32 Å². The van der Waals surface area contributed by atoms with Gasteiger partial charge >= 0.3 is 0 Å². The molecule has 0 aliphatic rings. The monoisotopic (exact) mass is 339 g/mol. The maximum Gasteiger partial charge on any atom is 0.225 e. The van der Waals surface area contributed by atoms with Gasteiger partial charge in [-0.2, -0.15) is 5.26 Å². The van der Waals surface area contributed by atoms with E-state index in [0.717, 1.165) is 28.1 Å². The van der Waals surface area contributed by atoms with Crippen molar-refractivity contribution in [2.24, 2.45) is 0 Å². The van der Waals surface area contributed by atoms with Gasteiger partial charge in [0.2, 0.25) is 5.91 Å². The number of thioether (sulfide) groups is 1. The van der Waals surface area contributed by atoms with E-state index in [0.29, 0.717) is 22.8 Å². The fraction of sp³-hybridized carbons (Fsp3) is 0.316. The second kappa shape index (κ2) is 7.98. The van der Waals surface area contributed by atoms with Gasteiger partial charge in [0.15, 0.2) is 0 Å². The predicted octanol–water partition coefficient (Wildman–Crippen LogP) is 4.31. The topological polar surface area (TPSA) is 65.8 Å². The molecule has 0 saturated carbocycles. The van der Waals surface area contributed by atoms with Crippen LogP contribution in [0.4, 0.5) is 5.69 Å². The molecule has 0 bridgehead atoms. The van der Waals surface area contributed by atoms with Crippen molar-refractivity contribution in [2.45, 2.75) is 39.1 Å². The molecule has 0 unspecified atom stereocenters. The van der Waals surface area contributed by atoms with Gasteiger partial charge in [0.1, 0.15) is 11.1 Å². The van der Waals surface area contributed by atoms with E-state index in [1.165, 1.54) is 11.8 Å². The fourth-order valence-corrected chi connectivity index (χ4v) is 3.42. The predicted molar refractivity (Wildman–Crippen MR) is 98.3 cm³/mol. The summed E-state index contributed by atoms with van der Waals surface area (Å²) in [5, 5.41) is 12.9. The van der Waals surface area contributed by atoms with Crippen LogP contribution in [-0.4, -0.2) is 16.6 Å². The molecule has 1 aromatic carbocycles. The summed E-state index contributed by atoms with van der Waals surface area (Å²) in [4.78, 5) is 16.6. The van der Waals surface area contributed by atoms with Crippen molar-refractivity contribution >= 4 is 23.4 Å². The smallest absolute Gasteiger partial charge is 0.225 e. The maximum atomic E-state index is 12.1. The molecule has 2 rings (SSSR count). The number of carbonyl (C=O) groups excluding carboxylic acids is 1. The van der Waals surface area contributed by atoms with Crippen molar-refractivity contribution in [3.8, 4) is 6.07 Å². The first-order valence-electron chi connectivity index (χ1n) is 7.79. The summed E-state index contributed by atoms with van der Waals surface area (Å²) >= 11 is 1.45. The van der Waals surface area contributed by atoms with Crippen molar-refractivity contribution in [1.29, 1.82) is 5.26 Å². The molecule has 5 heteroatoms. The lowest BCUT2D eigenvalue weighted by molar-refractivity contribution is -0.115. The molecule has 0 fully saturated rings. The Kier molecular flexibility index (Phi) is 5.99. The van der Waals surface area contributed by atoms with E-state index in [1.807, 2.05) is 52.0 Å². The lowest BCUT2D eigenvalue weighted by Gasteiger charge is -2.10. The molecule has 0 aliphatic heterocycles. The van der Waals surface area contributed by atoms with Crippen LogP contribution in [0.5, 0.6) is 0 Å². The van der Waals surface area contributed by atoms with Gasteiger partial charge in [0, 0.05) is 23.6 Å². The Morgan fingerprint density at radius 3 is 2.71 bits per heavy atom. The van der Waals surface area contributed by atoms with Crippen molar-refractivity contribution in [1.82, 2.24) is 4.98 Å². The molecule has 124 valence electrons. The number of nitrogens with zero attached hydrogens (tertiary/aromatic N) is 2. The van der Waals surface area contributed by atoms with Crippen LogP contribution in [0.15, 0.2) is 29.3 Å². The fourth-order valence-electron chi connectivity index (χ4n) is 2.38. The van der Waals surface area contributed by atoms with Crippen LogP contribution in [0.1, 0.15) is 34.4 Å². The normalized spacial score (nSPS) is 10.3. The molecule has 1 heterocycles. The SMILES string of the molecule is Cc1cc(C)c(C#N)c(SCCC(=O)Nc2cccc(C)c2C)n1. The van der Waals surface area contributed by atoms with E-state index in [2.05, 4.69) is 16.4 Å². The standard InChI is InChI=1S/C19H21N3OS/c1-12-6-5-7-17(15(12)4)22-18(23)8-9-24-19-16(11-20)13(2)10-14(3)21-19/h5-7,10H,8-9H2,1-4H3,(H,22,23). The lowest BCUT2D eigenvalue weighted by atomic mass is 10.1. The van der Waals surface area contributed by atoms with E-state index in [4.69, 9.17) is 0 Å². The number of pyridine rings is 1. The molecular weight excluding hydrogens is 318 g/mol. The molecule has 24 heavy (non-hydrogen) atoms. The van der Waals surface area contributed by atoms with Gasteiger partial charge in [-0.15, -0.1) is 11.8 Å². The highest BCUT2D eigenvalue weighted by atomic mass is 32.2. The molecular formula is C19H21N3OS. The van der Waals surface area contributed by atoms with Crippen LogP contribution in [0.3, 0.4) is 0 Å². The average molecular weight is 339 g/mol. The molecule has 0 spiro atoms. The highest BCUT2D eigenvalue weighted by Crippen LogP contribution is 2.24. The average Bonchev–Trinajstić information content (AvgIpc) is 2.51. The van der Waals surface area contributed by atoms with Crippen molar-refractivity contribution in [3.63, 3.8) is 0 Å². The number of hydrogen-bond donors (Lipinski definition) is 1. The third kappa shape index (κ3) is 4.36. The zero-order valence-corrected chi connectivity index (χ0v) is 15.3. The van der Waals surface area contributed by atoms with Gasteiger partial charge in [-0.05, 0) is 56.5 Å². The molecule has 1 aromatic heterocycles. The molecule has 1 amide bonds. The number of aromatic nitrogens is 1. The largest absolute Gasteiger partial charge is 0.326 e. The lowest BCUT2D eigenvalue weighted by Crippen LogP contribution is -2.13. The second-order valence-corrected chi connectivity index (χ2v) is 6.85. The van der Waals surface area contributed by atoms with Crippen LogP contribution in [0.2, 0.25) is 0 Å². The number of amides is 1. The Morgan fingerprint density at radius 1 is 1.25 bits per heavy atom. The van der Waals surface area contributed by atoms with E-state index < -0.39 is 0 Å². The van der Waals surface area contributed by atoms with Crippen LogP contribution in [-0.2, 0) is 4.79 Å². The van der Waals surface area contributed by atoms with Gasteiger partial charge in [0.05, 0.1) is 5.56 Å². The highest BCUT2D eigenvalue weighted by molar-refractivity contribution is 7.99. The number of nitriles is 1. The van der Waals surface area contributed by atoms with Gasteiger partial charge in [0.25, 0.3) is 0 Å². The van der Waals surface area contributed by atoms with E-state index >= 15 is 0 Å². The molecule has 0 saturated heterocycles. The number of anilines is 1. The number of carbonyl (C=O) groups is 1. The number of benzene rings is 1. The van der Waals surface area contributed by atoms with E-state index in [9.17, 15) is 10.1 Å². The zero-order chi connectivity index (χ0) is 17.7. The summed E-state index contributed by atoms with van der Waals surface area (Å²) < 4.78 is 0. The van der Waals surface area contributed by atoms with Crippen molar-refractivity contribution in [3.05, 3.63) is 52.2 Å². The number of rotatable bonds is 5. The molecule has 0 aliphatic carbocycles. The van der Waals surface area contributed by atoms with Gasteiger partial charge in [-0.25, -0.2) is 4.98 Å². The Morgan fingerprint density at radius 2 is 2.00 bits per heavy atom. The zero-order valence-electron chi connectivity index (χ0n) is 14.4. The minimum absolute atomic E-state index is 0.0286. The third-order valence-electron chi connectivity index (χ3n) is 3.87. The molecule has 0 atom stereocenters. The summed E-state index contributed by atoms with van der Waals surface area (Å²) in [6.45, 7) is 7.84. The summed E-state index contributed by atoms with van der Waals surface area (Å²) in [6, 6.07) is 9.97. The minimum Gasteiger partial charge on any atom is -0.326 e. The van der Waals surface area contributed by atoms with Crippen LogP contribution in [0.25, 0.3) is 0 Å². The second-order valence-electron chi connectivity index (χ2n) is 5.77. The summed E-state index contributed by atoms with van der Waals surface area (Å²) in [7, 11) is 0. The quantitative estimate of drug-likeness (QED) is 0.825. The summed E-state index contributed by atoms with van der Waals surface area (Å²) in [5.74, 6) is 0.556. The Balaban J connectivity index is 1.96. The number of hydrogen-bond acceptors (Lipinski definition) is 4. The van der Waals surface area contributed by atoms with Gasteiger partial charge < -0.3 is 5.32 Å². The van der Waals surface area contributed by atoms with Crippen LogP contribution >= 0.6 is 11.8 Å². The Hall–Kier alpha value is -2.32. The van der Waals surface area contributed by atoms with Gasteiger partial charge in [-0.3, -0.25) is 4.79 Å². The maximum absolute atomic E-state index is 12.1. The molecule has 0 radical (unpaired) electrons. The Bertz CT molecular complexity index is 809. The Labute approximate surface area is 147 Å². The van der Waals surface area contributed by atoms with E-state index in [1.54, 1.807) is 0 Å². The first-order chi connectivity index (χ1) is 11.4. The molecule has 2 aromatic rings. The van der Waals surface area contributed by atoms with Crippen molar-refractivity contribution < 1.29 is 4.79 Å². The summed E-state index contributed by atoms with van der Waals surface area (Å²) in [6.07, 6.45) is 0.373.